The molecule has 1 fully saturated rings. The Morgan fingerprint density at radius 1 is 1.56 bits per heavy atom. The van der Waals surface area contributed by atoms with Crippen LogP contribution in [-0.4, -0.2) is 28.6 Å². The van der Waals surface area contributed by atoms with Crippen molar-refractivity contribution in [2.75, 3.05) is 11.4 Å². The standard InChI is InChI=1S/C13H15N3O2/c14-9-10-4-3-6-12(15-10)16-7-2-1-5-11(16)8-13(17)18/h3-4,6,11H,1-2,5,7-8H2,(H,17,18). The Morgan fingerprint density at radius 3 is 3.11 bits per heavy atom. The molecule has 1 saturated heterocycles. The number of hydrogen-bond acceptors (Lipinski definition) is 4. The number of aliphatic carboxylic acids is 1. The molecule has 0 bridgehead atoms. The summed E-state index contributed by atoms with van der Waals surface area (Å²) in [5.41, 5.74) is 0.368. The molecule has 5 heteroatoms. The first-order chi connectivity index (χ1) is 8.70. The monoisotopic (exact) mass is 245 g/mol. The minimum absolute atomic E-state index is 0.0160. The summed E-state index contributed by atoms with van der Waals surface area (Å²) in [6.45, 7) is 0.805. The summed E-state index contributed by atoms with van der Waals surface area (Å²) in [5, 5.41) is 17.8. The summed E-state index contributed by atoms with van der Waals surface area (Å²) in [6.07, 6.45) is 3.07. The van der Waals surface area contributed by atoms with Crippen LogP contribution in [0.4, 0.5) is 5.82 Å². The van der Waals surface area contributed by atoms with Crippen LogP contribution in [0.2, 0.25) is 0 Å². The lowest BCUT2D eigenvalue weighted by Gasteiger charge is -2.35. The third-order valence-electron chi connectivity index (χ3n) is 3.18. The van der Waals surface area contributed by atoms with E-state index < -0.39 is 5.97 Å². The predicted molar refractivity (Wildman–Crippen MR) is 66.2 cm³/mol. The first-order valence-corrected chi connectivity index (χ1v) is 6.06. The second-order valence-electron chi connectivity index (χ2n) is 4.43. The highest BCUT2D eigenvalue weighted by molar-refractivity contribution is 5.68. The number of carboxylic acid groups (broad SMARTS) is 1. The van der Waals surface area contributed by atoms with E-state index in [1.165, 1.54) is 0 Å². The van der Waals surface area contributed by atoms with Gasteiger partial charge < -0.3 is 10.0 Å². The SMILES string of the molecule is N#Cc1cccc(N2CCCCC2CC(=O)O)n1. The fraction of sp³-hybridized carbons (Fsp3) is 0.462. The van der Waals surface area contributed by atoms with Gasteiger partial charge in [0.25, 0.3) is 0 Å². The lowest BCUT2D eigenvalue weighted by atomic mass is 9.99. The molecule has 1 aromatic heterocycles. The molecule has 1 unspecified atom stereocenters. The normalized spacial score (nSPS) is 19.3. The zero-order valence-electron chi connectivity index (χ0n) is 10.0. The topological polar surface area (TPSA) is 77.2 Å². The number of nitriles is 1. The Labute approximate surface area is 106 Å². The Bertz CT molecular complexity index is 481. The minimum atomic E-state index is -0.789. The highest BCUT2D eigenvalue weighted by atomic mass is 16.4. The van der Waals surface area contributed by atoms with Crippen molar-refractivity contribution in [1.82, 2.24) is 4.98 Å². The van der Waals surface area contributed by atoms with Gasteiger partial charge in [0, 0.05) is 12.6 Å². The summed E-state index contributed by atoms with van der Waals surface area (Å²) in [5.74, 6) is -0.0802. The van der Waals surface area contributed by atoms with E-state index in [1.54, 1.807) is 12.1 Å². The number of carbonyl (C=O) groups is 1. The zero-order valence-corrected chi connectivity index (χ0v) is 10.0. The molecule has 0 saturated carbocycles. The quantitative estimate of drug-likeness (QED) is 0.878. The van der Waals surface area contributed by atoms with Gasteiger partial charge in [0.05, 0.1) is 6.42 Å². The summed E-state index contributed by atoms with van der Waals surface area (Å²) in [6, 6.07) is 7.26. The van der Waals surface area contributed by atoms with Crippen LogP contribution < -0.4 is 4.90 Å². The van der Waals surface area contributed by atoms with Gasteiger partial charge in [0.15, 0.2) is 0 Å². The Balaban J connectivity index is 2.22. The third kappa shape index (κ3) is 2.77. The molecule has 18 heavy (non-hydrogen) atoms. The minimum Gasteiger partial charge on any atom is -0.481 e. The highest BCUT2D eigenvalue weighted by Gasteiger charge is 2.25. The van der Waals surface area contributed by atoms with E-state index in [0.717, 1.165) is 25.8 Å². The van der Waals surface area contributed by atoms with Crippen molar-refractivity contribution in [3.8, 4) is 6.07 Å². The predicted octanol–water partition coefficient (Wildman–Crippen LogP) is 1.79. The van der Waals surface area contributed by atoms with Gasteiger partial charge >= 0.3 is 5.97 Å². The maximum Gasteiger partial charge on any atom is 0.305 e. The lowest BCUT2D eigenvalue weighted by Crippen LogP contribution is -2.41. The molecule has 1 N–H and O–H groups in total. The van der Waals surface area contributed by atoms with Gasteiger partial charge in [-0.15, -0.1) is 0 Å². The summed E-state index contributed by atoms with van der Waals surface area (Å²) in [4.78, 5) is 17.1. The van der Waals surface area contributed by atoms with Gasteiger partial charge in [-0.05, 0) is 31.4 Å². The molecule has 94 valence electrons. The number of anilines is 1. The molecule has 1 aromatic rings. The second kappa shape index (κ2) is 5.50. The van der Waals surface area contributed by atoms with Crippen molar-refractivity contribution in [3.63, 3.8) is 0 Å². The molecule has 0 radical (unpaired) electrons. The molecule has 1 atom stereocenters. The van der Waals surface area contributed by atoms with E-state index in [2.05, 4.69) is 4.98 Å². The van der Waals surface area contributed by atoms with Crippen molar-refractivity contribution in [2.45, 2.75) is 31.7 Å². The lowest BCUT2D eigenvalue weighted by molar-refractivity contribution is -0.137. The molecule has 2 rings (SSSR count). The number of rotatable bonds is 3. The second-order valence-corrected chi connectivity index (χ2v) is 4.43. The molecule has 0 aliphatic carbocycles. The molecule has 0 aromatic carbocycles. The fourth-order valence-corrected chi connectivity index (χ4v) is 2.36. The van der Waals surface area contributed by atoms with E-state index in [9.17, 15) is 4.79 Å². The van der Waals surface area contributed by atoms with E-state index in [-0.39, 0.29) is 12.5 Å². The molecular formula is C13H15N3O2. The summed E-state index contributed by atoms with van der Waals surface area (Å²) in [7, 11) is 0. The van der Waals surface area contributed by atoms with Crippen LogP contribution in [0.3, 0.4) is 0 Å². The van der Waals surface area contributed by atoms with E-state index >= 15 is 0 Å². The molecular weight excluding hydrogens is 230 g/mol. The number of hydrogen-bond donors (Lipinski definition) is 1. The van der Waals surface area contributed by atoms with E-state index in [4.69, 9.17) is 10.4 Å². The van der Waals surface area contributed by atoms with Crippen molar-refractivity contribution in [1.29, 1.82) is 5.26 Å². The third-order valence-corrected chi connectivity index (χ3v) is 3.18. The number of carboxylic acids is 1. The summed E-state index contributed by atoms with van der Waals surface area (Å²) >= 11 is 0. The smallest absolute Gasteiger partial charge is 0.305 e. The Kier molecular flexibility index (Phi) is 3.78. The number of aromatic nitrogens is 1. The van der Waals surface area contributed by atoms with Crippen LogP contribution in [0.15, 0.2) is 18.2 Å². The van der Waals surface area contributed by atoms with Crippen molar-refractivity contribution in [2.24, 2.45) is 0 Å². The molecule has 0 amide bonds. The van der Waals surface area contributed by atoms with Gasteiger partial charge in [0.2, 0.25) is 0 Å². The van der Waals surface area contributed by atoms with Crippen LogP contribution >= 0.6 is 0 Å². The molecule has 1 aliphatic rings. The average Bonchev–Trinajstić information content (AvgIpc) is 2.39. The van der Waals surface area contributed by atoms with Crippen molar-refractivity contribution >= 4 is 11.8 Å². The van der Waals surface area contributed by atoms with Crippen molar-refractivity contribution < 1.29 is 9.90 Å². The number of piperidine rings is 1. The highest BCUT2D eigenvalue weighted by Crippen LogP contribution is 2.25. The van der Waals surface area contributed by atoms with Gasteiger partial charge in [-0.3, -0.25) is 4.79 Å². The first-order valence-electron chi connectivity index (χ1n) is 6.06. The molecule has 1 aliphatic heterocycles. The van der Waals surface area contributed by atoms with Gasteiger partial charge in [0.1, 0.15) is 17.6 Å². The van der Waals surface area contributed by atoms with Crippen LogP contribution in [0.5, 0.6) is 0 Å². The maximum absolute atomic E-state index is 10.9. The van der Waals surface area contributed by atoms with Crippen LogP contribution in [0.25, 0.3) is 0 Å². The van der Waals surface area contributed by atoms with Gasteiger partial charge in [-0.1, -0.05) is 6.07 Å². The van der Waals surface area contributed by atoms with Crippen molar-refractivity contribution in [3.05, 3.63) is 23.9 Å². The fourth-order valence-electron chi connectivity index (χ4n) is 2.36. The number of nitrogens with zero attached hydrogens (tertiary/aromatic N) is 3. The molecule has 2 heterocycles. The largest absolute Gasteiger partial charge is 0.481 e. The number of pyridine rings is 1. The zero-order chi connectivity index (χ0) is 13.0. The maximum atomic E-state index is 10.9. The Morgan fingerprint density at radius 2 is 2.39 bits per heavy atom. The van der Waals surface area contributed by atoms with Crippen LogP contribution in [0, 0.1) is 11.3 Å². The van der Waals surface area contributed by atoms with Crippen LogP contribution in [0.1, 0.15) is 31.4 Å². The molecule has 5 nitrogen and oxygen atoms in total. The Hall–Kier alpha value is -2.09. The van der Waals surface area contributed by atoms with Gasteiger partial charge in [-0.2, -0.15) is 5.26 Å². The average molecular weight is 245 g/mol. The first kappa shape index (κ1) is 12.4. The molecule has 0 spiro atoms. The van der Waals surface area contributed by atoms with Crippen LogP contribution in [-0.2, 0) is 4.79 Å². The van der Waals surface area contributed by atoms with Gasteiger partial charge in [-0.25, -0.2) is 4.98 Å². The van der Waals surface area contributed by atoms with E-state index in [0.29, 0.717) is 11.5 Å². The summed E-state index contributed by atoms with van der Waals surface area (Å²) < 4.78 is 0. The van der Waals surface area contributed by atoms with E-state index in [1.807, 2.05) is 17.0 Å².